The van der Waals surface area contributed by atoms with Gasteiger partial charge >= 0.3 is 0 Å². The van der Waals surface area contributed by atoms with Gasteiger partial charge in [0.25, 0.3) is 0 Å². The van der Waals surface area contributed by atoms with Crippen LogP contribution in [0.4, 0.5) is 0 Å². The molecule has 0 aliphatic carbocycles. The summed E-state index contributed by atoms with van der Waals surface area (Å²) in [5.41, 5.74) is 1.24. The molecule has 5 nitrogen and oxygen atoms in total. The van der Waals surface area contributed by atoms with Crippen LogP contribution in [0.5, 0.6) is 0 Å². The zero-order chi connectivity index (χ0) is 21.3. The van der Waals surface area contributed by atoms with Gasteiger partial charge in [0.05, 0.1) is 0 Å². The second kappa shape index (κ2) is 11.9. The molecule has 0 amide bonds. The van der Waals surface area contributed by atoms with E-state index in [4.69, 9.17) is 11.6 Å². The van der Waals surface area contributed by atoms with E-state index in [1.54, 1.807) is 0 Å². The molecule has 3 rings (SSSR count). The number of likely N-dealkylation sites (tertiary alicyclic amines) is 2. The summed E-state index contributed by atoms with van der Waals surface area (Å²) in [4.78, 5) is 12.1. The van der Waals surface area contributed by atoms with Crippen molar-refractivity contribution in [2.75, 3.05) is 59.4 Å². The number of halogens is 1. The molecule has 2 aliphatic rings. The monoisotopic (exact) mass is 433 g/mol. The summed E-state index contributed by atoms with van der Waals surface area (Å²) < 4.78 is 0. The van der Waals surface area contributed by atoms with Crippen LogP contribution in [0, 0.1) is 11.8 Å². The molecular formula is C24H40ClN5. The van der Waals surface area contributed by atoms with Gasteiger partial charge in [-0.2, -0.15) is 0 Å². The highest BCUT2D eigenvalue weighted by Crippen LogP contribution is 2.22. The number of piperidine rings is 1. The largest absolute Gasteiger partial charge is 0.356 e. The van der Waals surface area contributed by atoms with Crippen molar-refractivity contribution in [2.24, 2.45) is 16.8 Å². The molecular weight excluding hydrogens is 394 g/mol. The fourth-order valence-electron chi connectivity index (χ4n) is 4.81. The van der Waals surface area contributed by atoms with Crippen LogP contribution >= 0.6 is 11.6 Å². The van der Waals surface area contributed by atoms with Gasteiger partial charge in [0.1, 0.15) is 0 Å². The summed E-state index contributed by atoms with van der Waals surface area (Å²) >= 11 is 6.33. The number of guanidine groups is 1. The van der Waals surface area contributed by atoms with Gasteiger partial charge in [0.15, 0.2) is 5.96 Å². The van der Waals surface area contributed by atoms with Gasteiger partial charge in [-0.15, -0.1) is 0 Å². The Labute approximate surface area is 188 Å². The molecule has 168 valence electrons. The summed E-state index contributed by atoms with van der Waals surface area (Å²) in [6, 6.07) is 8.21. The lowest BCUT2D eigenvalue weighted by Gasteiger charge is -2.33. The lowest BCUT2D eigenvalue weighted by molar-refractivity contribution is 0.177. The van der Waals surface area contributed by atoms with E-state index >= 15 is 0 Å². The van der Waals surface area contributed by atoms with Crippen molar-refractivity contribution in [3.8, 4) is 0 Å². The summed E-state index contributed by atoms with van der Waals surface area (Å²) in [6.07, 6.45) is 3.75. The SMILES string of the molecule is CCN(CC)CC1CCN(C(=NC)NCC2CCN(Cc3ccccc3Cl)CC2)C1. The number of nitrogens with zero attached hydrogens (tertiary/aromatic N) is 4. The fraction of sp³-hybridized carbons (Fsp3) is 0.708. The van der Waals surface area contributed by atoms with Crippen molar-refractivity contribution >= 4 is 17.6 Å². The van der Waals surface area contributed by atoms with E-state index in [1.165, 1.54) is 31.4 Å². The molecule has 2 aliphatic heterocycles. The molecule has 2 fully saturated rings. The maximum Gasteiger partial charge on any atom is 0.193 e. The highest BCUT2D eigenvalue weighted by Gasteiger charge is 2.27. The Hall–Kier alpha value is -1.30. The van der Waals surface area contributed by atoms with Crippen molar-refractivity contribution < 1.29 is 0 Å². The second-order valence-corrected chi connectivity index (χ2v) is 9.23. The minimum absolute atomic E-state index is 0.721. The molecule has 1 atom stereocenters. The van der Waals surface area contributed by atoms with Crippen LogP contribution < -0.4 is 5.32 Å². The van der Waals surface area contributed by atoms with Crippen molar-refractivity contribution in [2.45, 2.75) is 39.7 Å². The van der Waals surface area contributed by atoms with E-state index < -0.39 is 0 Å². The Morgan fingerprint density at radius 3 is 2.47 bits per heavy atom. The topological polar surface area (TPSA) is 34.1 Å². The third-order valence-electron chi connectivity index (χ3n) is 6.82. The van der Waals surface area contributed by atoms with Gasteiger partial charge in [-0.25, -0.2) is 0 Å². The highest BCUT2D eigenvalue weighted by atomic mass is 35.5. The molecule has 30 heavy (non-hydrogen) atoms. The molecule has 1 aromatic rings. The summed E-state index contributed by atoms with van der Waals surface area (Å²) in [5.74, 6) is 2.57. The minimum Gasteiger partial charge on any atom is -0.356 e. The van der Waals surface area contributed by atoms with Crippen molar-refractivity contribution in [3.63, 3.8) is 0 Å². The predicted octanol–water partition coefficient (Wildman–Crippen LogP) is 3.79. The van der Waals surface area contributed by atoms with Gasteiger partial charge < -0.3 is 15.1 Å². The highest BCUT2D eigenvalue weighted by molar-refractivity contribution is 6.31. The van der Waals surface area contributed by atoms with Crippen LogP contribution in [0.3, 0.4) is 0 Å². The van der Waals surface area contributed by atoms with Crippen LogP contribution in [-0.4, -0.2) is 80.1 Å². The smallest absolute Gasteiger partial charge is 0.193 e. The second-order valence-electron chi connectivity index (χ2n) is 8.83. The average molecular weight is 434 g/mol. The number of benzene rings is 1. The first kappa shape index (κ1) is 23.4. The van der Waals surface area contributed by atoms with Crippen LogP contribution in [0.1, 0.15) is 38.7 Å². The summed E-state index contributed by atoms with van der Waals surface area (Å²) in [6.45, 7) is 14.6. The van der Waals surface area contributed by atoms with Gasteiger partial charge in [-0.05, 0) is 68.9 Å². The Morgan fingerprint density at radius 1 is 1.10 bits per heavy atom. The van der Waals surface area contributed by atoms with E-state index in [0.717, 1.165) is 75.2 Å². The van der Waals surface area contributed by atoms with Crippen molar-refractivity contribution in [1.29, 1.82) is 0 Å². The Bertz CT molecular complexity index is 667. The first-order valence-electron chi connectivity index (χ1n) is 11.8. The average Bonchev–Trinajstić information content (AvgIpc) is 3.23. The molecule has 1 unspecified atom stereocenters. The van der Waals surface area contributed by atoms with Gasteiger partial charge in [-0.3, -0.25) is 9.89 Å². The Morgan fingerprint density at radius 2 is 1.80 bits per heavy atom. The first-order chi connectivity index (χ1) is 14.6. The number of hydrogen-bond donors (Lipinski definition) is 1. The lowest BCUT2D eigenvalue weighted by atomic mass is 9.96. The molecule has 0 spiro atoms. The van der Waals surface area contributed by atoms with Crippen molar-refractivity contribution in [1.82, 2.24) is 20.0 Å². The molecule has 0 radical (unpaired) electrons. The summed E-state index contributed by atoms with van der Waals surface area (Å²) in [5, 5.41) is 4.56. The molecule has 6 heteroatoms. The predicted molar refractivity (Wildman–Crippen MR) is 128 cm³/mol. The van der Waals surface area contributed by atoms with E-state index in [-0.39, 0.29) is 0 Å². The number of aliphatic imine (C=N–C) groups is 1. The quantitative estimate of drug-likeness (QED) is 0.499. The Kier molecular flexibility index (Phi) is 9.28. The summed E-state index contributed by atoms with van der Waals surface area (Å²) in [7, 11) is 1.92. The normalized spacial score (nSPS) is 21.6. The van der Waals surface area contributed by atoms with Crippen LogP contribution in [-0.2, 0) is 6.54 Å². The van der Waals surface area contributed by atoms with Crippen LogP contribution in [0.2, 0.25) is 5.02 Å². The molecule has 1 aromatic carbocycles. The zero-order valence-corrected chi connectivity index (χ0v) is 19.9. The van der Waals surface area contributed by atoms with Gasteiger partial charge in [0, 0.05) is 44.8 Å². The van der Waals surface area contributed by atoms with E-state index in [0.29, 0.717) is 0 Å². The standard InChI is InChI=1S/C24H40ClN5/c1-4-28(5-2)17-21-12-15-30(18-21)24(26-3)27-16-20-10-13-29(14-11-20)19-22-8-6-7-9-23(22)25/h6-9,20-21H,4-5,10-19H2,1-3H3,(H,26,27). The van der Waals surface area contributed by atoms with Crippen LogP contribution in [0.25, 0.3) is 0 Å². The molecule has 0 saturated carbocycles. The molecule has 1 N–H and O–H groups in total. The third-order valence-corrected chi connectivity index (χ3v) is 7.18. The van der Waals surface area contributed by atoms with Crippen molar-refractivity contribution in [3.05, 3.63) is 34.9 Å². The maximum atomic E-state index is 6.33. The molecule has 0 aromatic heterocycles. The molecule has 0 bridgehead atoms. The fourth-order valence-corrected chi connectivity index (χ4v) is 5.00. The number of hydrogen-bond acceptors (Lipinski definition) is 3. The molecule has 2 saturated heterocycles. The number of nitrogens with one attached hydrogen (secondary N) is 1. The number of rotatable bonds is 8. The maximum absolute atomic E-state index is 6.33. The van der Waals surface area contributed by atoms with E-state index in [1.807, 2.05) is 19.2 Å². The van der Waals surface area contributed by atoms with E-state index in [2.05, 4.69) is 51.0 Å². The van der Waals surface area contributed by atoms with Gasteiger partial charge in [-0.1, -0.05) is 43.6 Å². The van der Waals surface area contributed by atoms with Crippen LogP contribution in [0.15, 0.2) is 29.3 Å². The van der Waals surface area contributed by atoms with Gasteiger partial charge in [0.2, 0.25) is 0 Å². The first-order valence-corrected chi connectivity index (χ1v) is 12.1. The lowest BCUT2D eigenvalue weighted by Crippen LogP contribution is -2.44. The van der Waals surface area contributed by atoms with E-state index in [9.17, 15) is 0 Å². The Balaban J connectivity index is 1.39. The minimum atomic E-state index is 0.721. The third kappa shape index (κ3) is 6.60. The zero-order valence-electron chi connectivity index (χ0n) is 19.1. The molecule has 2 heterocycles.